The second-order valence-corrected chi connectivity index (χ2v) is 6.38. The van der Waals surface area contributed by atoms with Crippen molar-refractivity contribution in [1.29, 1.82) is 0 Å². The number of hydrogen-bond donors (Lipinski definition) is 2. The maximum atomic E-state index is 14.1. The average Bonchev–Trinajstić information content (AvgIpc) is 2.45. The molecular formula is C15H15Br2FN2O. The van der Waals surface area contributed by atoms with E-state index in [2.05, 4.69) is 37.3 Å². The number of nitrogens with two attached hydrogens (primary N) is 1. The Morgan fingerprint density at radius 1 is 1.19 bits per heavy atom. The Bertz CT molecular complexity index is 637. The molecule has 0 amide bonds. The van der Waals surface area contributed by atoms with Gasteiger partial charge in [-0.3, -0.25) is 11.3 Å². The van der Waals surface area contributed by atoms with Gasteiger partial charge in [0.15, 0.2) is 0 Å². The number of hydrazine groups is 1. The van der Waals surface area contributed by atoms with Crippen LogP contribution in [0.4, 0.5) is 4.39 Å². The van der Waals surface area contributed by atoms with E-state index in [9.17, 15) is 4.39 Å². The largest absolute Gasteiger partial charge is 0.496 e. The molecule has 0 fully saturated rings. The maximum absolute atomic E-state index is 14.1. The fraction of sp³-hybridized carbons (Fsp3) is 0.200. The molecule has 6 heteroatoms. The first-order chi connectivity index (χ1) is 10.0. The molecule has 0 aliphatic carbocycles. The lowest BCUT2D eigenvalue weighted by Gasteiger charge is -2.19. The minimum atomic E-state index is -0.346. The van der Waals surface area contributed by atoms with Gasteiger partial charge in [-0.2, -0.15) is 0 Å². The van der Waals surface area contributed by atoms with Crippen LogP contribution in [0.25, 0.3) is 0 Å². The minimum absolute atomic E-state index is 0.304. The van der Waals surface area contributed by atoms with E-state index in [1.54, 1.807) is 19.2 Å². The highest BCUT2D eigenvalue weighted by atomic mass is 79.9. The summed E-state index contributed by atoms with van der Waals surface area (Å²) in [6, 6.07) is 10.3. The Kier molecular flexibility index (Phi) is 5.75. The van der Waals surface area contributed by atoms with E-state index in [1.807, 2.05) is 18.2 Å². The SMILES string of the molecule is COc1ccc(Br)cc1CC(NN)c1ccc(Br)cc1F. The third kappa shape index (κ3) is 4.03. The lowest BCUT2D eigenvalue weighted by molar-refractivity contribution is 0.404. The maximum Gasteiger partial charge on any atom is 0.129 e. The molecule has 1 atom stereocenters. The molecule has 0 aromatic heterocycles. The van der Waals surface area contributed by atoms with Crippen molar-refractivity contribution in [3.8, 4) is 5.75 Å². The number of halogens is 3. The monoisotopic (exact) mass is 416 g/mol. The van der Waals surface area contributed by atoms with Crippen molar-refractivity contribution < 1.29 is 9.13 Å². The summed E-state index contributed by atoms with van der Waals surface area (Å²) in [5.41, 5.74) is 4.13. The van der Waals surface area contributed by atoms with Crippen molar-refractivity contribution in [2.24, 2.45) is 5.84 Å². The number of ether oxygens (including phenoxy) is 1. The van der Waals surface area contributed by atoms with Gasteiger partial charge in [0.2, 0.25) is 0 Å². The number of rotatable bonds is 5. The Balaban J connectivity index is 2.33. The first kappa shape index (κ1) is 16.4. The topological polar surface area (TPSA) is 47.3 Å². The molecule has 0 saturated heterocycles. The highest BCUT2D eigenvalue weighted by molar-refractivity contribution is 9.10. The molecule has 0 saturated carbocycles. The molecule has 2 aromatic rings. The number of benzene rings is 2. The van der Waals surface area contributed by atoms with Crippen molar-refractivity contribution in [3.05, 3.63) is 62.3 Å². The van der Waals surface area contributed by atoms with Crippen LogP contribution in [0.3, 0.4) is 0 Å². The molecule has 2 aromatic carbocycles. The van der Waals surface area contributed by atoms with Crippen molar-refractivity contribution in [1.82, 2.24) is 5.43 Å². The fourth-order valence-corrected chi connectivity index (χ4v) is 2.91. The van der Waals surface area contributed by atoms with Crippen LogP contribution in [-0.4, -0.2) is 7.11 Å². The summed E-state index contributed by atoms with van der Waals surface area (Å²) in [7, 11) is 1.61. The molecule has 0 radical (unpaired) electrons. The van der Waals surface area contributed by atoms with Crippen molar-refractivity contribution in [3.63, 3.8) is 0 Å². The predicted octanol–water partition coefficient (Wildman–Crippen LogP) is 4.11. The highest BCUT2D eigenvalue weighted by Crippen LogP contribution is 2.29. The van der Waals surface area contributed by atoms with Crippen LogP contribution in [0.5, 0.6) is 5.75 Å². The summed E-state index contributed by atoms with van der Waals surface area (Å²) < 4.78 is 21.1. The molecule has 3 N–H and O–H groups in total. The van der Waals surface area contributed by atoms with Gasteiger partial charge in [0, 0.05) is 14.5 Å². The molecule has 0 bridgehead atoms. The molecule has 1 unspecified atom stereocenters. The molecule has 3 nitrogen and oxygen atoms in total. The van der Waals surface area contributed by atoms with Gasteiger partial charge in [0.25, 0.3) is 0 Å². The summed E-state index contributed by atoms with van der Waals surface area (Å²) in [5, 5.41) is 0. The number of methoxy groups -OCH3 is 1. The quantitative estimate of drug-likeness (QED) is 0.568. The molecule has 21 heavy (non-hydrogen) atoms. The van der Waals surface area contributed by atoms with Gasteiger partial charge in [-0.05, 0) is 42.3 Å². The zero-order valence-electron chi connectivity index (χ0n) is 11.4. The number of nitrogens with one attached hydrogen (secondary N) is 1. The van der Waals surface area contributed by atoms with Crippen molar-refractivity contribution >= 4 is 31.9 Å². The summed E-state index contributed by atoms with van der Waals surface area (Å²) >= 11 is 6.68. The van der Waals surface area contributed by atoms with Crippen LogP contribution < -0.4 is 16.0 Å². The third-order valence-corrected chi connectivity index (χ3v) is 4.19. The Morgan fingerprint density at radius 3 is 2.48 bits per heavy atom. The van der Waals surface area contributed by atoms with Crippen molar-refractivity contribution in [2.45, 2.75) is 12.5 Å². The lowest BCUT2D eigenvalue weighted by Crippen LogP contribution is -2.30. The standard InChI is InChI=1S/C15H15Br2FN2O/c1-21-15-5-3-10(16)6-9(15)7-14(20-19)12-4-2-11(17)8-13(12)18/h2-6,8,14,20H,7,19H2,1H3. The predicted molar refractivity (Wildman–Crippen MR) is 88.6 cm³/mol. The molecule has 2 rings (SSSR count). The molecule has 0 spiro atoms. The van der Waals surface area contributed by atoms with Crippen LogP contribution in [0.2, 0.25) is 0 Å². The van der Waals surface area contributed by atoms with E-state index in [1.165, 1.54) is 6.07 Å². The van der Waals surface area contributed by atoms with E-state index in [0.717, 1.165) is 15.8 Å². The van der Waals surface area contributed by atoms with Gasteiger partial charge in [-0.1, -0.05) is 37.9 Å². The van der Waals surface area contributed by atoms with E-state index >= 15 is 0 Å². The van der Waals surface area contributed by atoms with E-state index < -0.39 is 0 Å². The average molecular weight is 418 g/mol. The Labute approximate surface area is 139 Å². The zero-order valence-corrected chi connectivity index (χ0v) is 14.5. The Hall–Kier alpha value is -0.950. The fourth-order valence-electron chi connectivity index (χ4n) is 2.17. The van der Waals surface area contributed by atoms with Gasteiger partial charge < -0.3 is 4.74 Å². The van der Waals surface area contributed by atoms with E-state index in [-0.39, 0.29) is 11.9 Å². The molecule has 112 valence electrons. The summed E-state index contributed by atoms with van der Waals surface area (Å²) in [5.74, 6) is 6.05. The molecular weight excluding hydrogens is 403 g/mol. The van der Waals surface area contributed by atoms with E-state index in [4.69, 9.17) is 10.6 Å². The molecule has 0 aliphatic rings. The number of hydrogen-bond acceptors (Lipinski definition) is 3. The Morgan fingerprint density at radius 2 is 1.86 bits per heavy atom. The molecule has 0 heterocycles. The summed E-state index contributed by atoms with van der Waals surface area (Å²) in [4.78, 5) is 0. The summed E-state index contributed by atoms with van der Waals surface area (Å²) in [6.45, 7) is 0. The zero-order chi connectivity index (χ0) is 15.4. The second-order valence-electron chi connectivity index (χ2n) is 4.55. The van der Waals surface area contributed by atoms with Gasteiger partial charge in [-0.15, -0.1) is 0 Å². The third-order valence-electron chi connectivity index (χ3n) is 3.21. The van der Waals surface area contributed by atoms with Crippen LogP contribution in [0, 0.1) is 5.82 Å². The lowest BCUT2D eigenvalue weighted by atomic mass is 9.98. The first-order valence-electron chi connectivity index (χ1n) is 6.28. The van der Waals surface area contributed by atoms with Gasteiger partial charge in [-0.25, -0.2) is 4.39 Å². The van der Waals surface area contributed by atoms with Gasteiger partial charge in [0.1, 0.15) is 11.6 Å². The normalized spacial score (nSPS) is 12.2. The first-order valence-corrected chi connectivity index (χ1v) is 7.87. The van der Waals surface area contributed by atoms with E-state index in [0.29, 0.717) is 16.5 Å². The van der Waals surface area contributed by atoms with Crippen LogP contribution in [-0.2, 0) is 6.42 Å². The van der Waals surface area contributed by atoms with Crippen LogP contribution in [0.1, 0.15) is 17.2 Å². The second kappa shape index (κ2) is 7.35. The van der Waals surface area contributed by atoms with Crippen LogP contribution in [0.15, 0.2) is 45.3 Å². The van der Waals surface area contributed by atoms with Gasteiger partial charge >= 0.3 is 0 Å². The van der Waals surface area contributed by atoms with Crippen LogP contribution >= 0.6 is 31.9 Å². The van der Waals surface area contributed by atoms with Crippen molar-refractivity contribution in [2.75, 3.05) is 7.11 Å². The minimum Gasteiger partial charge on any atom is -0.496 e. The highest BCUT2D eigenvalue weighted by Gasteiger charge is 2.17. The summed E-state index contributed by atoms with van der Waals surface area (Å²) in [6.07, 6.45) is 0.512. The smallest absolute Gasteiger partial charge is 0.129 e. The molecule has 0 aliphatic heterocycles. The van der Waals surface area contributed by atoms with Gasteiger partial charge in [0.05, 0.1) is 13.2 Å².